The molecular formula is C42H54CaO10S2. The third kappa shape index (κ3) is 17.0. The molecule has 0 amide bonds. The summed E-state index contributed by atoms with van der Waals surface area (Å²) < 4.78 is 77.4. The summed E-state index contributed by atoms with van der Waals surface area (Å²) in [6, 6.07) is 21.5. The van der Waals surface area contributed by atoms with Gasteiger partial charge in [0.05, 0.1) is 4.90 Å². The molecule has 0 spiro atoms. The first-order valence-electron chi connectivity index (χ1n) is 18.9. The van der Waals surface area contributed by atoms with Crippen molar-refractivity contribution in [3.8, 4) is 34.5 Å². The van der Waals surface area contributed by atoms with Gasteiger partial charge in [0, 0.05) is 0 Å². The van der Waals surface area contributed by atoms with E-state index in [0.717, 1.165) is 37.7 Å². The van der Waals surface area contributed by atoms with Crippen LogP contribution in [0.1, 0.15) is 115 Å². The predicted octanol–water partition coefficient (Wildman–Crippen LogP) is 10.1. The van der Waals surface area contributed by atoms with Crippen LogP contribution >= 0.6 is 0 Å². The first kappa shape index (κ1) is 48.3. The zero-order valence-corrected chi connectivity index (χ0v) is 35.9. The van der Waals surface area contributed by atoms with Crippen molar-refractivity contribution in [3.63, 3.8) is 0 Å². The Labute approximate surface area is 357 Å². The van der Waals surface area contributed by atoms with Crippen LogP contribution < -0.4 is 14.6 Å². The maximum atomic E-state index is 12.6. The fourth-order valence-corrected chi connectivity index (χ4v) is 7.18. The van der Waals surface area contributed by atoms with Gasteiger partial charge < -0.3 is 24.2 Å². The van der Waals surface area contributed by atoms with E-state index in [4.69, 9.17) is 9.47 Å². The van der Waals surface area contributed by atoms with Crippen LogP contribution in [0.5, 0.6) is 34.5 Å². The molecule has 4 aromatic rings. The smallest absolute Gasteiger partial charge is 0.870 e. The van der Waals surface area contributed by atoms with E-state index >= 15 is 0 Å². The summed E-state index contributed by atoms with van der Waals surface area (Å²) in [5, 5.41) is 23.1. The van der Waals surface area contributed by atoms with Crippen LogP contribution in [0, 0.1) is 0 Å². The Morgan fingerprint density at radius 1 is 0.527 bits per heavy atom. The van der Waals surface area contributed by atoms with Crippen molar-refractivity contribution in [1.29, 1.82) is 0 Å². The number of benzene rings is 4. The van der Waals surface area contributed by atoms with Crippen LogP contribution in [0.3, 0.4) is 0 Å². The number of ether oxygens (including phenoxy) is 2. The van der Waals surface area contributed by atoms with Crippen molar-refractivity contribution in [3.05, 3.63) is 96.1 Å². The van der Waals surface area contributed by atoms with Gasteiger partial charge in [-0.3, -0.25) is 4.55 Å². The molecular weight excluding hydrogens is 769 g/mol. The minimum Gasteiger partial charge on any atom is -0.870 e. The van der Waals surface area contributed by atoms with E-state index in [2.05, 4.69) is 13.8 Å². The first-order valence-corrected chi connectivity index (χ1v) is 21.8. The number of aryl methyl sites for hydroxylation is 2. The average molecular weight is 823 g/mol. The van der Waals surface area contributed by atoms with Gasteiger partial charge in [-0.2, -0.15) is 8.42 Å². The molecule has 296 valence electrons. The predicted molar refractivity (Wildman–Crippen MR) is 214 cm³/mol. The van der Waals surface area contributed by atoms with Gasteiger partial charge in [-0.15, -0.1) is 0 Å². The molecule has 0 aromatic heterocycles. The number of phenols is 1. The Kier molecular flexibility index (Phi) is 22.3. The zero-order chi connectivity index (χ0) is 39.4. The molecule has 4 aromatic carbocycles. The quantitative estimate of drug-likeness (QED) is 0.0441. The van der Waals surface area contributed by atoms with Crippen molar-refractivity contribution in [2.45, 2.75) is 126 Å². The number of para-hydroxylation sites is 4. The van der Waals surface area contributed by atoms with Gasteiger partial charge in [0.15, 0.2) is 11.5 Å². The van der Waals surface area contributed by atoms with E-state index in [1.54, 1.807) is 36.4 Å². The minimum absolute atomic E-state index is 0. The number of aromatic hydroxyl groups is 1. The van der Waals surface area contributed by atoms with E-state index in [1.807, 2.05) is 6.07 Å². The summed E-state index contributed by atoms with van der Waals surface area (Å²) >= 11 is 0. The molecule has 0 radical (unpaired) electrons. The zero-order valence-electron chi connectivity index (χ0n) is 32.1. The molecule has 0 saturated carbocycles. The molecule has 0 heterocycles. The van der Waals surface area contributed by atoms with Gasteiger partial charge >= 0.3 is 37.7 Å². The second-order valence-electron chi connectivity index (χ2n) is 13.3. The third-order valence-corrected chi connectivity index (χ3v) is 10.7. The summed E-state index contributed by atoms with van der Waals surface area (Å²) in [7, 11) is -9.09. The molecule has 10 nitrogen and oxygen atoms in total. The van der Waals surface area contributed by atoms with E-state index in [1.165, 1.54) is 107 Å². The van der Waals surface area contributed by atoms with Crippen LogP contribution in [-0.4, -0.2) is 68.8 Å². The van der Waals surface area contributed by atoms with Crippen molar-refractivity contribution >= 4 is 58.0 Å². The van der Waals surface area contributed by atoms with Crippen molar-refractivity contribution < 1.29 is 45.6 Å². The molecule has 2 N–H and O–H groups in total. The molecule has 0 aliphatic carbocycles. The Hall–Kier alpha value is -2.84. The standard InChI is InChI=1S/2C21H28O5S.Ca/c2*1-2-3-4-5-6-7-8-12-17-13-11-15-19(21(17)22)26-18-14-9-10-16-20(18)27(23,24)25;/h2*9-11,13-16,22H,2-8,12H2,1H3,(H,23,24,25);/q;;+2/p-2. The van der Waals surface area contributed by atoms with Crippen molar-refractivity contribution in [2.75, 3.05) is 0 Å². The van der Waals surface area contributed by atoms with Gasteiger partial charge in [-0.25, -0.2) is 8.42 Å². The Morgan fingerprint density at radius 3 is 1.45 bits per heavy atom. The molecule has 55 heavy (non-hydrogen) atoms. The molecule has 0 aliphatic heterocycles. The number of hydrogen-bond donors (Lipinski definition) is 2. The van der Waals surface area contributed by atoms with Crippen LogP contribution in [-0.2, 0) is 33.1 Å². The van der Waals surface area contributed by atoms with Gasteiger partial charge in [-0.1, -0.05) is 151 Å². The van der Waals surface area contributed by atoms with Crippen LogP contribution in [0.4, 0.5) is 0 Å². The Morgan fingerprint density at radius 2 is 0.927 bits per heavy atom. The van der Waals surface area contributed by atoms with Gasteiger partial charge in [0.25, 0.3) is 10.1 Å². The number of phenolic OH excluding ortho intramolecular Hbond substituents is 1. The molecule has 0 fully saturated rings. The topological polar surface area (TPSA) is 173 Å². The summed E-state index contributed by atoms with van der Waals surface area (Å²) in [5.74, 6) is -0.200. The summed E-state index contributed by atoms with van der Waals surface area (Å²) in [6.07, 6.45) is 17.9. The maximum absolute atomic E-state index is 12.6. The summed E-state index contributed by atoms with van der Waals surface area (Å²) in [6.45, 7) is 4.39. The fraction of sp³-hybridized carbons (Fsp3) is 0.429. The number of hydrogen-bond acceptors (Lipinski definition) is 9. The second kappa shape index (κ2) is 25.4. The number of unbranched alkanes of at least 4 members (excludes halogenated alkanes) is 12. The van der Waals surface area contributed by atoms with E-state index in [0.29, 0.717) is 12.0 Å². The minimum atomic E-state index is -4.68. The van der Waals surface area contributed by atoms with E-state index in [9.17, 15) is 36.2 Å². The average Bonchev–Trinajstić information content (AvgIpc) is 3.13. The normalized spacial score (nSPS) is 11.3. The molecule has 4 rings (SSSR count). The second-order valence-corrected chi connectivity index (χ2v) is 16.0. The van der Waals surface area contributed by atoms with Crippen molar-refractivity contribution in [2.24, 2.45) is 0 Å². The largest absolute Gasteiger partial charge is 2.00 e. The van der Waals surface area contributed by atoms with Crippen LogP contribution in [0.15, 0.2) is 94.7 Å². The molecule has 0 aliphatic rings. The molecule has 13 heteroatoms. The van der Waals surface area contributed by atoms with Crippen LogP contribution in [0.2, 0.25) is 0 Å². The summed E-state index contributed by atoms with van der Waals surface area (Å²) in [4.78, 5) is -0.802. The van der Waals surface area contributed by atoms with Crippen molar-refractivity contribution in [1.82, 2.24) is 0 Å². The SMILES string of the molecule is CCCCCCCCCc1cccc(Oc2ccccc2S(=O)(=O)O)c1O.CCCCCCCCCc1cccc(Oc2ccccc2S(=O)(=O)[O-])c1[O-].[Ca+2]. The van der Waals surface area contributed by atoms with E-state index in [-0.39, 0.29) is 77.1 Å². The monoisotopic (exact) mass is 822 g/mol. The molecule has 0 unspecified atom stereocenters. The van der Waals surface area contributed by atoms with Gasteiger partial charge in [-0.05, 0) is 67.6 Å². The molecule has 0 atom stereocenters. The van der Waals surface area contributed by atoms with Gasteiger partial charge in [0.1, 0.15) is 32.3 Å². The fourth-order valence-electron chi connectivity index (χ4n) is 5.96. The van der Waals surface area contributed by atoms with Crippen LogP contribution in [0.25, 0.3) is 0 Å². The molecule has 0 bridgehead atoms. The van der Waals surface area contributed by atoms with E-state index < -0.39 is 25.1 Å². The van der Waals surface area contributed by atoms with Gasteiger partial charge in [0.2, 0.25) is 0 Å². The Bertz CT molecular complexity index is 1810. The maximum Gasteiger partial charge on any atom is 2.00 e. The Balaban J connectivity index is 0.000000373. The summed E-state index contributed by atoms with van der Waals surface area (Å²) in [5.41, 5.74) is 1.41. The third-order valence-electron chi connectivity index (χ3n) is 8.93. The first-order chi connectivity index (χ1) is 25.9. The number of rotatable bonds is 22. The molecule has 0 saturated heterocycles.